The van der Waals surface area contributed by atoms with Gasteiger partial charge in [-0.1, -0.05) is 12.1 Å². The maximum atomic E-state index is 13.2. The van der Waals surface area contributed by atoms with E-state index in [1.807, 2.05) is 0 Å². The molecule has 2 aromatic carbocycles. The summed E-state index contributed by atoms with van der Waals surface area (Å²) in [7, 11) is -4.46. The van der Waals surface area contributed by atoms with E-state index in [1.165, 1.54) is 18.2 Å². The molecule has 0 aliphatic heterocycles. The number of hydrogen-bond donors (Lipinski definition) is 2. The van der Waals surface area contributed by atoms with Crippen LogP contribution in [-0.2, 0) is 16.2 Å². The summed E-state index contributed by atoms with van der Waals surface area (Å²) in [6, 6.07) is 13.4. The Kier molecular flexibility index (Phi) is 5.77. The Labute approximate surface area is 187 Å². The highest BCUT2D eigenvalue weighted by Crippen LogP contribution is 2.34. The van der Waals surface area contributed by atoms with Gasteiger partial charge in [0.2, 0.25) is 0 Å². The molecule has 2 aromatic heterocycles. The first-order valence-corrected chi connectivity index (χ1v) is 11.0. The van der Waals surface area contributed by atoms with E-state index >= 15 is 0 Å². The molecule has 0 saturated heterocycles. The smallest absolute Gasteiger partial charge is 0.340 e. The lowest BCUT2D eigenvalue weighted by Crippen LogP contribution is -2.18. The van der Waals surface area contributed by atoms with Gasteiger partial charge in [-0.2, -0.15) is 18.3 Å². The van der Waals surface area contributed by atoms with E-state index < -0.39 is 26.7 Å². The third kappa shape index (κ3) is 5.12. The Hall–Kier alpha value is -3.93. The molecule has 8 nitrogen and oxygen atoms in total. The Morgan fingerprint density at radius 2 is 1.64 bits per heavy atom. The first kappa shape index (κ1) is 22.3. The van der Waals surface area contributed by atoms with Gasteiger partial charge in [0.15, 0.2) is 5.82 Å². The molecule has 170 valence electrons. The second-order valence-electron chi connectivity index (χ2n) is 6.91. The lowest BCUT2D eigenvalue weighted by Gasteiger charge is -2.14. The van der Waals surface area contributed by atoms with Gasteiger partial charge in [0.05, 0.1) is 10.5 Å². The number of sulfonamides is 1. The number of alkyl halides is 3. The van der Waals surface area contributed by atoms with Gasteiger partial charge in [0.25, 0.3) is 10.0 Å². The van der Waals surface area contributed by atoms with Crippen molar-refractivity contribution in [3.63, 3.8) is 0 Å². The molecular weight excluding hydrogens is 457 g/mol. The molecule has 0 atom stereocenters. The summed E-state index contributed by atoms with van der Waals surface area (Å²) < 4.78 is 68.5. The fraction of sp³-hybridized carbons (Fsp3) is 0.0952. The van der Waals surface area contributed by atoms with Gasteiger partial charge in [0, 0.05) is 29.8 Å². The molecule has 0 aliphatic carbocycles. The van der Waals surface area contributed by atoms with Crippen molar-refractivity contribution in [2.45, 2.75) is 18.0 Å². The molecule has 0 amide bonds. The van der Waals surface area contributed by atoms with Crippen LogP contribution in [0.1, 0.15) is 11.4 Å². The van der Waals surface area contributed by atoms with E-state index in [1.54, 1.807) is 48.3 Å². The fourth-order valence-corrected chi connectivity index (χ4v) is 4.34. The van der Waals surface area contributed by atoms with Crippen LogP contribution in [0.3, 0.4) is 0 Å². The van der Waals surface area contributed by atoms with Crippen LogP contribution >= 0.6 is 0 Å². The topological polar surface area (TPSA) is 102 Å². The number of benzene rings is 2. The zero-order valence-corrected chi connectivity index (χ0v) is 17.9. The first-order chi connectivity index (χ1) is 15.6. The van der Waals surface area contributed by atoms with E-state index in [2.05, 4.69) is 25.1 Å². The van der Waals surface area contributed by atoms with Gasteiger partial charge >= 0.3 is 6.18 Å². The Morgan fingerprint density at radius 3 is 2.30 bits per heavy atom. The SMILES string of the molecule is Cc1nc(Nc2ccc(NS(=O)(=O)c3ccccc3C(F)(F)F)cc2)cc(-n2cccn2)n1. The molecule has 0 saturated carbocycles. The molecule has 0 fully saturated rings. The summed E-state index contributed by atoms with van der Waals surface area (Å²) in [5.74, 6) is 1.56. The monoisotopic (exact) mass is 474 g/mol. The van der Waals surface area contributed by atoms with Crippen molar-refractivity contribution in [3.8, 4) is 5.82 Å². The third-order valence-corrected chi connectivity index (χ3v) is 5.89. The van der Waals surface area contributed by atoms with E-state index in [0.29, 0.717) is 23.1 Å². The predicted molar refractivity (Wildman–Crippen MR) is 116 cm³/mol. The van der Waals surface area contributed by atoms with Gasteiger partial charge < -0.3 is 5.32 Å². The van der Waals surface area contributed by atoms with Gasteiger partial charge in [-0.15, -0.1) is 0 Å². The molecule has 4 rings (SSSR count). The second-order valence-corrected chi connectivity index (χ2v) is 8.56. The van der Waals surface area contributed by atoms with Crippen LogP contribution in [0, 0.1) is 6.92 Å². The van der Waals surface area contributed by atoms with E-state index in [9.17, 15) is 21.6 Å². The fourth-order valence-electron chi connectivity index (χ4n) is 3.05. The number of aryl methyl sites for hydroxylation is 1. The molecule has 12 heteroatoms. The van der Waals surface area contributed by atoms with Crippen molar-refractivity contribution in [1.82, 2.24) is 19.7 Å². The van der Waals surface area contributed by atoms with Crippen LogP contribution in [-0.4, -0.2) is 28.2 Å². The highest BCUT2D eigenvalue weighted by atomic mass is 32.2. The highest BCUT2D eigenvalue weighted by Gasteiger charge is 2.36. The minimum atomic E-state index is -4.80. The van der Waals surface area contributed by atoms with Crippen LogP contribution in [0.25, 0.3) is 5.82 Å². The van der Waals surface area contributed by atoms with Crippen LogP contribution < -0.4 is 10.0 Å². The lowest BCUT2D eigenvalue weighted by atomic mass is 10.2. The van der Waals surface area contributed by atoms with Crippen molar-refractivity contribution < 1.29 is 21.6 Å². The summed E-state index contributed by atoms with van der Waals surface area (Å²) in [4.78, 5) is 7.78. The van der Waals surface area contributed by atoms with Gasteiger partial charge in [-0.05, 0) is 49.4 Å². The number of aromatic nitrogens is 4. The molecule has 2 heterocycles. The van der Waals surface area contributed by atoms with Gasteiger partial charge in [0.1, 0.15) is 11.6 Å². The standard InChI is InChI=1S/C21H17F3N6O2S/c1-14-26-19(13-20(27-14)30-12-4-11-25-30)28-15-7-9-16(10-8-15)29-33(31,32)18-6-3-2-5-17(18)21(22,23)24/h2-13,29H,1H3,(H,26,27,28). The van der Waals surface area contributed by atoms with E-state index in [-0.39, 0.29) is 5.69 Å². The molecular formula is C21H17F3N6O2S. The number of hydrogen-bond acceptors (Lipinski definition) is 6. The lowest BCUT2D eigenvalue weighted by molar-refractivity contribution is -0.139. The molecule has 0 bridgehead atoms. The van der Waals surface area contributed by atoms with Crippen molar-refractivity contribution in [1.29, 1.82) is 0 Å². The quantitative estimate of drug-likeness (QED) is 0.426. The minimum absolute atomic E-state index is 0.105. The molecule has 2 N–H and O–H groups in total. The summed E-state index contributed by atoms with van der Waals surface area (Å²) >= 11 is 0. The maximum absolute atomic E-state index is 13.2. The van der Waals surface area contributed by atoms with Gasteiger partial charge in [-0.25, -0.2) is 23.1 Å². The maximum Gasteiger partial charge on any atom is 0.417 e. The second kappa shape index (κ2) is 8.54. The minimum Gasteiger partial charge on any atom is -0.340 e. The average molecular weight is 474 g/mol. The molecule has 0 unspecified atom stereocenters. The summed E-state index contributed by atoms with van der Waals surface area (Å²) in [5, 5.41) is 7.21. The van der Waals surface area contributed by atoms with E-state index in [0.717, 1.165) is 18.2 Å². The summed E-state index contributed by atoms with van der Waals surface area (Å²) in [6.45, 7) is 1.73. The van der Waals surface area contributed by atoms with Crippen LogP contribution in [0.2, 0.25) is 0 Å². The largest absolute Gasteiger partial charge is 0.417 e. The zero-order chi connectivity index (χ0) is 23.6. The number of halogens is 3. The van der Waals surface area contributed by atoms with Crippen LogP contribution in [0.4, 0.5) is 30.4 Å². The number of anilines is 3. The molecule has 0 spiro atoms. The van der Waals surface area contributed by atoms with E-state index in [4.69, 9.17) is 0 Å². The Bertz CT molecular complexity index is 1370. The predicted octanol–water partition coefficient (Wildman–Crippen LogP) is 4.53. The van der Waals surface area contributed by atoms with Crippen LogP contribution in [0.5, 0.6) is 0 Å². The van der Waals surface area contributed by atoms with Crippen molar-refractivity contribution in [2.75, 3.05) is 10.0 Å². The Balaban J connectivity index is 1.53. The highest BCUT2D eigenvalue weighted by molar-refractivity contribution is 7.92. The number of nitrogens with zero attached hydrogens (tertiary/aromatic N) is 4. The van der Waals surface area contributed by atoms with Crippen molar-refractivity contribution in [2.24, 2.45) is 0 Å². The van der Waals surface area contributed by atoms with Gasteiger partial charge in [-0.3, -0.25) is 4.72 Å². The number of nitrogens with one attached hydrogen (secondary N) is 2. The zero-order valence-electron chi connectivity index (χ0n) is 17.1. The average Bonchev–Trinajstić information content (AvgIpc) is 3.29. The Morgan fingerprint density at radius 1 is 0.939 bits per heavy atom. The normalized spacial score (nSPS) is 11.9. The molecule has 33 heavy (non-hydrogen) atoms. The summed E-state index contributed by atoms with van der Waals surface area (Å²) in [5.41, 5.74) is -0.547. The van der Waals surface area contributed by atoms with Crippen molar-refractivity contribution >= 4 is 27.2 Å². The molecule has 4 aromatic rings. The first-order valence-electron chi connectivity index (χ1n) is 9.54. The summed E-state index contributed by atoms with van der Waals surface area (Å²) in [6.07, 6.45) is -1.44. The van der Waals surface area contributed by atoms with Crippen molar-refractivity contribution in [3.05, 3.63) is 84.4 Å². The molecule has 0 radical (unpaired) electrons. The third-order valence-electron chi connectivity index (χ3n) is 4.46. The molecule has 0 aliphatic rings. The van der Waals surface area contributed by atoms with Crippen LogP contribution in [0.15, 0.2) is 78.0 Å². The number of rotatable bonds is 6.